The van der Waals surface area contributed by atoms with Crippen LogP contribution in [0.3, 0.4) is 0 Å². The lowest BCUT2D eigenvalue weighted by molar-refractivity contribution is -0.385. The third-order valence-electron chi connectivity index (χ3n) is 2.33. The van der Waals surface area contributed by atoms with Gasteiger partial charge in [0.2, 0.25) is 5.15 Å². The van der Waals surface area contributed by atoms with Crippen LogP contribution in [0.15, 0.2) is 18.6 Å². The Bertz CT molecular complexity index is 569. The summed E-state index contributed by atoms with van der Waals surface area (Å²) in [6.45, 7) is 1.92. The van der Waals surface area contributed by atoms with E-state index in [0.717, 1.165) is 6.42 Å². The monoisotopic (exact) mass is 267 g/mol. The molecule has 0 aliphatic carbocycles. The summed E-state index contributed by atoms with van der Waals surface area (Å²) in [4.78, 5) is 18.2. The first-order valence-electron chi connectivity index (χ1n) is 5.33. The van der Waals surface area contributed by atoms with Crippen LogP contribution in [0.2, 0.25) is 5.15 Å². The van der Waals surface area contributed by atoms with Gasteiger partial charge < -0.3 is 0 Å². The SMILES string of the molecule is CCCc1nn(-c2ccncn2)c(Cl)c1[N+](=O)[O-]. The van der Waals surface area contributed by atoms with Crippen molar-refractivity contribution in [2.75, 3.05) is 0 Å². The number of hydrogen-bond donors (Lipinski definition) is 0. The maximum Gasteiger partial charge on any atom is 0.329 e. The highest BCUT2D eigenvalue weighted by molar-refractivity contribution is 6.32. The van der Waals surface area contributed by atoms with Crippen molar-refractivity contribution in [1.29, 1.82) is 0 Å². The number of rotatable bonds is 4. The highest BCUT2D eigenvalue weighted by Crippen LogP contribution is 2.30. The fraction of sp³-hybridized carbons (Fsp3) is 0.300. The summed E-state index contributed by atoms with van der Waals surface area (Å²) in [6.07, 6.45) is 4.09. The number of hydrogen-bond acceptors (Lipinski definition) is 5. The Hall–Kier alpha value is -2.02. The van der Waals surface area contributed by atoms with Gasteiger partial charge in [-0.15, -0.1) is 0 Å². The average molecular weight is 268 g/mol. The molecule has 0 saturated heterocycles. The molecule has 0 fully saturated rings. The van der Waals surface area contributed by atoms with E-state index in [1.807, 2.05) is 6.92 Å². The summed E-state index contributed by atoms with van der Waals surface area (Å²) in [5.74, 6) is 0.403. The molecule has 94 valence electrons. The van der Waals surface area contributed by atoms with Gasteiger partial charge in [-0.1, -0.05) is 24.9 Å². The maximum atomic E-state index is 11.0. The van der Waals surface area contributed by atoms with Crippen LogP contribution >= 0.6 is 11.6 Å². The number of nitro groups is 1. The molecule has 0 aliphatic rings. The van der Waals surface area contributed by atoms with E-state index >= 15 is 0 Å². The van der Waals surface area contributed by atoms with Crippen LogP contribution in [0.5, 0.6) is 0 Å². The Morgan fingerprint density at radius 2 is 2.33 bits per heavy atom. The number of aromatic nitrogens is 4. The Balaban J connectivity index is 2.57. The first-order valence-corrected chi connectivity index (χ1v) is 5.71. The molecule has 0 spiro atoms. The second kappa shape index (κ2) is 5.09. The van der Waals surface area contributed by atoms with E-state index in [-0.39, 0.29) is 10.8 Å². The van der Waals surface area contributed by atoms with Gasteiger partial charge in [-0.05, 0) is 6.42 Å². The molecule has 0 aromatic carbocycles. The molecule has 0 atom stereocenters. The highest BCUT2D eigenvalue weighted by atomic mass is 35.5. The van der Waals surface area contributed by atoms with E-state index in [1.165, 1.54) is 17.2 Å². The summed E-state index contributed by atoms with van der Waals surface area (Å²) in [6, 6.07) is 1.58. The minimum Gasteiger partial charge on any atom is -0.258 e. The molecule has 0 saturated carbocycles. The summed E-state index contributed by atoms with van der Waals surface area (Å²) >= 11 is 5.99. The molecule has 0 unspecified atom stereocenters. The molecule has 0 amide bonds. The quantitative estimate of drug-likeness (QED) is 0.626. The largest absolute Gasteiger partial charge is 0.329 e. The van der Waals surface area contributed by atoms with Gasteiger partial charge in [0.15, 0.2) is 5.82 Å². The summed E-state index contributed by atoms with van der Waals surface area (Å²) in [5, 5.41) is 15.1. The highest BCUT2D eigenvalue weighted by Gasteiger charge is 2.26. The summed E-state index contributed by atoms with van der Waals surface area (Å²) < 4.78 is 1.26. The lowest BCUT2D eigenvalue weighted by atomic mass is 10.2. The second-order valence-electron chi connectivity index (χ2n) is 3.57. The van der Waals surface area contributed by atoms with Crippen molar-refractivity contribution in [2.24, 2.45) is 0 Å². The first-order chi connectivity index (χ1) is 8.65. The third-order valence-corrected chi connectivity index (χ3v) is 2.67. The zero-order valence-corrected chi connectivity index (χ0v) is 10.3. The zero-order valence-electron chi connectivity index (χ0n) is 9.58. The molecule has 8 heteroatoms. The van der Waals surface area contributed by atoms with Gasteiger partial charge in [-0.3, -0.25) is 10.1 Å². The average Bonchev–Trinajstić information content (AvgIpc) is 2.68. The standard InChI is InChI=1S/C10H10ClN5O2/c1-2-3-7-9(16(17)18)10(11)15(14-7)8-4-5-12-6-13-8/h4-6H,2-3H2,1H3. The fourth-order valence-electron chi connectivity index (χ4n) is 1.58. The molecule has 0 aliphatic heterocycles. The van der Waals surface area contributed by atoms with E-state index in [4.69, 9.17) is 11.6 Å². The van der Waals surface area contributed by atoms with Gasteiger partial charge in [0.05, 0.1) is 4.92 Å². The molecule has 18 heavy (non-hydrogen) atoms. The van der Waals surface area contributed by atoms with Crippen LogP contribution in [-0.4, -0.2) is 24.7 Å². The van der Waals surface area contributed by atoms with Crippen LogP contribution < -0.4 is 0 Å². The predicted octanol–water partition coefficient (Wildman–Crippen LogP) is 2.18. The van der Waals surface area contributed by atoms with Crippen molar-refractivity contribution >= 4 is 17.3 Å². The Kier molecular flexibility index (Phi) is 3.52. The van der Waals surface area contributed by atoms with E-state index < -0.39 is 4.92 Å². The van der Waals surface area contributed by atoms with Gasteiger partial charge in [0, 0.05) is 12.3 Å². The third kappa shape index (κ3) is 2.17. The van der Waals surface area contributed by atoms with E-state index in [0.29, 0.717) is 17.9 Å². The molecular weight excluding hydrogens is 258 g/mol. The topological polar surface area (TPSA) is 86.7 Å². The van der Waals surface area contributed by atoms with E-state index in [9.17, 15) is 10.1 Å². The van der Waals surface area contributed by atoms with Crippen LogP contribution in [0, 0.1) is 10.1 Å². The van der Waals surface area contributed by atoms with Gasteiger partial charge in [0.1, 0.15) is 12.0 Å². The van der Waals surface area contributed by atoms with Crippen molar-refractivity contribution in [2.45, 2.75) is 19.8 Å². The minimum atomic E-state index is -0.516. The lowest BCUT2D eigenvalue weighted by Crippen LogP contribution is -2.00. The number of aryl methyl sites for hydroxylation is 1. The van der Waals surface area contributed by atoms with Crippen LogP contribution in [0.1, 0.15) is 19.0 Å². The molecule has 7 nitrogen and oxygen atoms in total. The summed E-state index contributed by atoms with van der Waals surface area (Å²) in [5.41, 5.74) is 0.211. The molecular formula is C10H10ClN5O2. The van der Waals surface area contributed by atoms with Crippen molar-refractivity contribution in [3.8, 4) is 5.82 Å². The fourth-order valence-corrected chi connectivity index (χ4v) is 1.88. The number of nitrogens with zero attached hydrogens (tertiary/aromatic N) is 5. The predicted molar refractivity (Wildman–Crippen MR) is 64.8 cm³/mol. The molecule has 2 aromatic heterocycles. The molecule has 0 radical (unpaired) electrons. The van der Waals surface area contributed by atoms with Crippen LogP contribution in [-0.2, 0) is 6.42 Å². The Morgan fingerprint density at radius 3 is 2.89 bits per heavy atom. The Labute approximate surface area is 108 Å². The van der Waals surface area contributed by atoms with Crippen LogP contribution in [0.4, 0.5) is 5.69 Å². The van der Waals surface area contributed by atoms with Gasteiger partial charge >= 0.3 is 5.69 Å². The smallest absolute Gasteiger partial charge is 0.258 e. The molecule has 0 bridgehead atoms. The van der Waals surface area contributed by atoms with E-state index in [2.05, 4.69) is 15.1 Å². The van der Waals surface area contributed by atoms with Crippen molar-refractivity contribution in [3.05, 3.63) is 39.6 Å². The van der Waals surface area contributed by atoms with Crippen molar-refractivity contribution in [1.82, 2.24) is 19.7 Å². The van der Waals surface area contributed by atoms with Crippen molar-refractivity contribution < 1.29 is 4.92 Å². The minimum absolute atomic E-state index is 0.0397. The van der Waals surface area contributed by atoms with Gasteiger partial charge in [0.25, 0.3) is 0 Å². The normalized spacial score (nSPS) is 10.6. The number of halogens is 1. The van der Waals surface area contributed by atoms with Gasteiger partial charge in [-0.2, -0.15) is 9.78 Å². The lowest BCUT2D eigenvalue weighted by Gasteiger charge is -1.98. The molecule has 2 aromatic rings. The first kappa shape index (κ1) is 12.4. The molecule has 2 heterocycles. The Morgan fingerprint density at radius 1 is 1.56 bits per heavy atom. The summed E-state index contributed by atoms with van der Waals surface area (Å²) in [7, 11) is 0. The van der Waals surface area contributed by atoms with Crippen molar-refractivity contribution in [3.63, 3.8) is 0 Å². The van der Waals surface area contributed by atoms with E-state index in [1.54, 1.807) is 6.07 Å². The van der Waals surface area contributed by atoms with Crippen LogP contribution in [0.25, 0.3) is 5.82 Å². The maximum absolute atomic E-state index is 11.0. The zero-order chi connectivity index (χ0) is 13.1. The molecule has 2 rings (SSSR count). The second-order valence-corrected chi connectivity index (χ2v) is 3.93. The van der Waals surface area contributed by atoms with Gasteiger partial charge in [-0.25, -0.2) is 9.97 Å². The molecule has 0 N–H and O–H groups in total.